The minimum Gasteiger partial charge on any atom is -0.382 e. The first-order valence-electron chi connectivity index (χ1n) is 5.70. The Kier molecular flexibility index (Phi) is 6.41. The van der Waals surface area contributed by atoms with Gasteiger partial charge >= 0.3 is 0 Å². The van der Waals surface area contributed by atoms with Gasteiger partial charge in [-0.2, -0.15) is 0 Å². The fourth-order valence-electron chi connectivity index (χ4n) is 1.32. The molecule has 6 nitrogen and oxygen atoms in total. The number of halogens is 1. The van der Waals surface area contributed by atoms with Crippen LogP contribution in [0, 0.1) is 0 Å². The monoisotopic (exact) mass is 321 g/mol. The minimum absolute atomic E-state index is 0.0810. The third-order valence-corrected chi connectivity index (χ3v) is 3.74. The van der Waals surface area contributed by atoms with Gasteiger partial charge in [-0.15, -0.1) is 0 Å². The summed E-state index contributed by atoms with van der Waals surface area (Å²) >= 11 is 5.90. The van der Waals surface area contributed by atoms with Crippen LogP contribution in [0.15, 0.2) is 23.1 Å². The Morgan fingerprint density at radius 2 is 2.05 bits per heavy atom. The summed E-state index contributed by atoms with van der Waals surface area (Å²) < 4.78 is 32.7. The standard InChI is InChI=1S/C12H16ClNO5S/c1-18-5-6-19-8-12(15)14-11-7-9(20(2,16)17)3-4-10(11)13/h3-4,7H,5-6,8H2,1-2H3,(H,14,15). The van der Waals surface area contributed by atoms with E-state index in [1.165, 1.54) is 25.3 Å². The molecule has 0 aliphatic carbocycles. The molecule has 1 amide bonds. The van der Waals surface area contributed by atoms with Crippen molar-refractivity contribution in [2.75, 3.05) is 38.5 Å². The van der Waals surface area contributed by atoms with Crippen molar-refractivity contribution in [1.29, 1.82) is 0 Å². The Hall–Kier alpha value is -1.15. The summed E-state index contributed by atoms with van der Waals surface area (Å²) in [5, 5.41) is 2.75. The molecule has 112 valence electrons. The fraction of sp³-hybridized carbons (Fsp3) is 0.417. The van der Waals surface area contributed by atoms with Crippen molar-refractivity contribution in [2.45, 2.75) is 4.90 Å². The molecule has 1 rings (SSSR count). The van der Waals surface area contributed by atoms with Crippen LogP contribution in [0.5, 0.6) is 0 Å². The molecule has 0 aromatic heterocycles. The normalized spacial score (nSPS) is 11.3. The number of benzene rings is 1. The van der Waals surface area contributed by atoms with Crippen LogP contribution < -0.4 is 5.32 Å². The molecule has 0 radical (unpaired) electrons. The van der Waals surface area contributed by atoms with Gasteiger partial charge < -0.3 is 14.8 Å². The Bertz CT molecular complexity index is 573. The van der Waals surface area contributed by atoms with Crippen LogP contribution in [0.4, 0.5) is 5.69 Å². The van der Waals surface area contributed by atoms with Gasteiger partial charge in [0.25, 0.3) is 0 Å². The van der Waals surface area contributed by atoms with Crippen LogP contribution in [0.1, 0.15) is 0 Å². The van der Waals surface area contributed by atoms with Gasteiger partial charge in [0.1, 0.15) is 6.61 Å². The SMILES string of the molecule is COCCOCC(=O)Nc1cc(S(C)(=O)=O)ccc1Cl. The summed E-state index contributed by atoms with van der Waals surface area (Å²) in [6.45, 7) is 0.515. The zero-order valence-electron chi connectivity index (χ0n) is 11.2. The number of methoxy groups -OCH3 is 1. The Balaban J connectivity index is 2.69. The number of rotatable bonds is 7. The van der Waals surface area contributed by atoms with Crippen molar-refractivity contribution in [2.24, 2.45) is 0 Å². The molecule has 1 aromatic rings. The number of hydrogen-bond donors (Lipinski definition) is 1. The highest BCUT2D eigenvalue weighted by molar-refractivity contribution is 7.90. The summed E-state index contributed by atoms with van der Waals surface area (Å²) in [7, 11) is -1.83. The molecule has 1 N–H and O–H groups in total. The molecule has 0 atom stereocenters. The number of carbonyl (C=O) groups excluding carboxylic acids is 1. The van der Waals surface area contributed by atoms with E-state index in [0.717, 1.165) is 6.26 Å². The second kappa shape index (κ2) is 7.58. The Morgan fingerprint density at radius 1 is 1.35 bits per heavy atom. The molecular formula is C12H16ClNO5S. The number of sulfone groups is 1. The Morgan fingerprint density at radius 3 is 2.65 bits per heavy atom. The summed E-state index contributed by atoms with van der Waals surface area (Å²) in [6, 6.07) is 4.10. The quantitative estimate of drug-likeness (QED) is 0.766. The first-order chi connectivity index (χ1) is 9.34. The molecular weight excluding hydrogens is 306 g/mol. The summed E-state index contributed by atoms with van der Waals surface area (Å²) in [5.41, 5.74) is 0.231. The number of amides is 1. The maximum Gasteiger partial charge on any atom is 0.250 e. The van der Waals surface area contributed by atoms with Gasteiger partial charge in [0, 0.05) is 13.4 Å². The van der Waals surface area contributed by atoms with Crippen LogP contribution in [-0.4, -0.2) is 47.5 Å². The van der Waals surface area contributed by atoms with Gasteiger partial charge in [-0.1, -0.05) is 11.6 Å². The third-order valence-electron chi connectivity index (χ3n) is 2.31. The molecule has 1 aromatic carbocycles. The lowest BCUT2D eigenvalue weighted by atomic mass is 10.3. The topological polar surface area (TPSA) is 81.7 Å². The van der Waals surface area contributed by atoms with Gasteiger partial charge in [0.05, 0.1) is 28.8 Å². The van der Waals surface area contributed by atoms with Crippen molar-refractivity contribution in [3.05, 3.63) is 23.2 Å². The molecule has 0 heterocycles. The minimum atomic E-state index is -3.36. The van der Waals surface area contributed by atoms with Crippen LogP contribution in [0.2, 0.25) is 5.02 Å². The fourth-order valence-corrected chi connectivity index (χ4v) is 2.14. The van der Waals surface area contributed by atoms with E-state index >= 15 is 0 Å². The van der Waals surface area contributed by atoms with Crippen LogP contribution >= 0.6 is 11.6 Å². The molecule has 0 spiro atoms. The average molecular weight is 322 g/mol. The second-order valence-corrected chi connectivity index (χ2v) is 6.43. The van der Waals surface area contributed by atoms with Crippen LogP contribution in [0.25, 0.3) is 0 Å². The maximum atomic E-state index is 11.6. The average Bonchev–Trinajstić information content (AvgIpc) is 2.36. The maximum absolute atomic E-state index is 11.6. The van der Waals surface area contributed by atoms with Gasteiger partial charge in [-0.25, -0.2) is 8.42 Å². The molecule has 0 aliphatic heterocycles. The zero-order chi connectivity index (χ0) is 15.2. The van der Waals surface area contributed by atoms with Gasteiger partial charge in [-0.05, 0) is 18.2 Å². The van der Waals surface area contributed by atoms with Gasteiger partial charge in [-0.3, -0.25) is 4.79 Å². The van der Waals surface area contributed by atoms with Gasteiger partial charge in [0.15, 0.2) is 9.84 Å². The number of anilines is 1. The van der Waals surface area contributed by atoms with Crippen molar-refractivity contribution >= 4 is 33.0 Å². The number of carbonyl (C=O) groups is 1. The molecule has 0 fully saturated rings. The molecule has 0 saturated heterocycles. The smallest absolute Gasteiger partial charge is 0.250 e. The van der Waals surface area contributed by atoms with E-state index < -0.39 is 15.7 Å². The molecule has 0 saturated carbocycles. The van der Waals surface area contributed by atoms with Crippen molar-refractivity contribution in [3.63, 3.8) is 0 Å². The van der Waals surface area contributed by atoms with E-state index in [0.29, 0.717) is 13.2 Å². The van der Waals surface area contributed by atoms with E-state index in [-0.39, 0.29) is 22.2 Å². The number of nitrogens with one attached hydrogen (secondary N) is 1. The van der Waals surface area contributed by atoms with Crippen LogP contribution in [0.3, 0.4) is 0 Å². The van der Waals surface area contributed by atoms with Gasteiger partial charge in [0.2, 0.25) is 5.91 Å². The third kappa shape index (κ3) is 5.46. The van der Waals surface area contributed by atoms with Crippen LogP contribution in [-0.2, 0) is 24.1 Å². The molecule has 8 heteroatoms. The van der Waals surface area contributed by atoms with E-state index in [4.69, 9.17) is 21.1 Å². The van der Waals surface area contributed by atoms with E-state index in [9.17, 15) is 13.2 Å². The lowest BCUT2D eigenvalue weighted by Crippen LogP contribution is -2.20. The summed E-state index contributed by atoms with van der Waals surface area (Å²) in [5.74, 6) is -0.423. The predicted octanol–water partition coefficient (Wildman–Crippen LogP) is 1.34. The second-order valence-electron chi connectivity index (χ2n) is 4.01. The largest absolute Gasteiger partial charge is 0.382 e. The Labute approximate surface area is 122 Å². The molecule has 20 heavy (non-hydrogen) atoms. The first-order valence-corrected chi connectivity index (χ1v) is 7.97. The number of ether oxygens (including phenoxy) is 2. The highest BCUT2D eigenvalue weighted by atomic mass is 35.5. The summed E-state index contributed by atoms with van der Waals surface area (Å²) in [6.07, 6.45) is 1.08. The zero-order valence-corrected chi connectivity index (χ0v) is 12.8. The predicted molar refractivity (Wildman–Crippen MR) is 75.9 cm³/mol. The lowest BCUT2D eigenvalue weighted by Gasteiger charge is -2.09. The highest BCUT2D eigenvalue weighted by Gasteiger charge is 2.12. The van der Waals surface area contributed by atoms with E-state index in [1.807, 2.05) is 0 Å². The highest BCUT2D eigenvalue weighted by Crippen LogP contribution is 2.25. The lowest BCUT2D eigenvalue weighted by molar-refractivity contribution is -0.121. The molecule has 0 unspecified atom stereocenters. The van der Waals surface area contributed by atoms with Crippen molar-refractivity contribution < 1.29 is 22.7 Å². The number of hydrogen-bond acceptors (Lipinski definition) is 5. The molecule has 0 bridgehead atoms. The molecule has 0 aliphatic rings. The van der Waals surface area contributed by atoms with Crippen molar-refractivity contribution in [1.82, 2.24) is 0 Å². The van der Waals surface area contributed by atoms with E-state index in [2.05, 4.69) is 5.32 Å². The van der Waals surface area contributed by atoms with E-state index in [1.54, 1.807) is 0 Å². The van der Waals surface area contributed by atoms with Crippen molar-refractivity contribution in [3.8, 4) is 0 Å². The first kappa shape index (κ1) is 16.9. The summed E-state index contributed by atoms with van der Waals surface area (Å²) in [4.78, 5) is 11.7.